The molecule has 0 aliphatic carbocycles. The third-order valence-corrected chi connectivity index (χ3v) is 22.0. The van der Waals surface area contributed by atoms with Crippen molar-refractivity contribution < 1.29 is 139 Å². The van der Waals surface area contributed by atoms with Crippen LogP contribution >= 0.6 is 0 Å². The number of carbonyl (C=O) groups excluding carboxylic acids is 3. The molecular formula is C78H144O28. The van der Waals surface area contributed by atoms with Gasteiger partial charge in [0.25, 0.3) is 11.4 Å². The highest BCUT2D eigenvalue weighted by atomic mass is 17.0. The summed E-state index contributed by atoms with van der Waals surface area (Å²) in [6, 6.07) is 0. The molecular weight excluding hydrogens is 1380 g/mol. The van der Waals surface area contributed by atoms with Crippen molar-refractivity contribution in [3.63, 3.8) is 0 Å². The van der Waals surface area contributed by atoms with Crippen LogP contribution < -0.4 is 0 Å². The molecule has 0 spiro atoms. The zero-order valence-corrected chi connectivity index (χ0v) is 64.5. The van der Waals surface area contributed by atoms with Crippen molar-refractivity contribution in [2.45, 2.75) is 437 Å². The third-order valence-electron chi connectivity index (χ3n) is 22.0. The van der Waals surface area contributed by atoms with Crippen LogP contribution in [0.4, 0.5) is 0 Å². The standard InChI is InChI=1S/C78H144O28/c1-4-7-10-13-16-19-22-25-28-30-33-36-39-42-45-48-61(85)102-73(50-47-44-41-38-35-32-27-24-21-18-15-12-9-6-3,77(71(95)67(91)63(87)57(51-79)100-77)105-74(55-83)68(92)64(88)58(52-80)98-74)72(96)104-78(106-75(56-84)69(93)65(89)59(53-81)99-75)76(97,70(94)66(90)60(54-82)101-78)103-62(86)49-46-43-40-37-34-31-29-26-23-20-17-14-11-8-5-2/h57-60,63-71,79-84,87-95,97H,4-56H2,1-3H3/t57-,58-,59-,60-,63-,64-,65-,66-,67+,68+,69+,70+,71-,73?,74?,75?,76+,77-,78+/m1/s1. The van der Waals surface area contributed by atoms with Crippen molar-refractivity contribution in [1.82, 2.24) is 0 Å². The molecule has 3 unspecified atom stereocenters. The van der Waals surface area contributed by atoms with Crippen molar-refractivity contribution in [1.29, 1.82) is 0 Å². The molecule has 4 aliphatic heterocycles. The second-order valence-corrected chi connectivity index (χ2v) is 30.6. The molecule has 4 saturated heterocycles. The zero-order valence-electron chi connectivity index (χ0n) is 64.5. The van der Waals surface area contributed by atoms with Gasteiger partial charge in [-0.15, -0.1) is 0 Å². The first kappa shape index (κ1) is 95.9. The van der Waals surface area contributed by atoms with Crippen LogP contribution in [0.5, 0.6) is 0 Å². The summed E-state index contributed by atoms with van der Waals surface area (Å²) < 4.78 is 54.9. The number of hydrogen-bond acceptors (Lipinski definition) is 28. The topological polar surface area (TPSA) is 458 Å². The van der Waals surface area contributed by atoms with Gasteiger partial charge in [0.05, 0.1) is 26.4 Å². The Hall–Kier alpha value is -2.47. The molecule has 106 heavy (non-hydrogen) atoms. The van der Waals surface area contributed by atoms with Gasteiger partial charge in [0.1, 0.15) is 86.5 Å². The Balaban J connectivity index is 1.91. The Morgan fingerprint density at radius 3 is 0.972 bits per heavy atom. The van der Waals surface area contributed by atoms with Crippen LogP contribution in [-0.4, -0.2) is 253 Å². The van der Waals surface area contributed by atoms with Gasteiger partial charge in [-0.3, -0.25) is 14.3 Å². The minimum atomic E-state index is -4.39. The predicted molar refractivity (Wildman–Crippen MR) is 389 cm³/mol. The fourth-order valence-corrected chi connectivity index (χ4v) is 15.2. The van der Waals surface area contributed by atoms with Crippen LogP contribution in [0.2, 0.25) is 0 Å². The summed E-state index contributed by atoms with van der Waals surface area (Å²) in [5.41, 5.74) is -3.82. The van der Waals surface area contributed by atoms with Gasteiger partial charge in [-0.05, 0) is 19.3 Å². The first-order valence-electron chi connectivity index (χ1n) is 41.3. The lowest BCUT2D eigenvalue weighted by Crippen LogP contribution is -2.82. The minimum Gasteiger partial charge on any atom is -0.441 e. The first-order chi connectivity index (χ1) is 51.0. The van der Waals surface area contributed by atoms with E-state index in [1.165, 1.54) is 89.9 Å². The molecule has 4 fully saturated rings. The second kappa shape index (κ2) is 51.3. The summed E-state index contributed by atoms with van der Waals surface area (Å²) in [6.45, 7) is -1.78. The minimum absolute atomic E-state index is 0.0432. The second-order valence-electron chi connectivity index (χ2n) is 30.6. The van der Waals surface area contributed by atoms with Gasteiger partial charge in [0.15, 0.2) is 6.10 Å². The first-order valence-corrected chi connectivity index (χ1v) is 41.3. The fourth-order valence-electron chi connectivity index (χ4n) is 15.2. The summed E-state index contributed by atoms with van der Waals surface area (Å²) >= 11 is 0. The Bertz CT molecular complexity index is 2330. The summed E-state index contributed by atoms with van der Waals surface area (Å²) in [5.74, 6) is -24.3. The van der Waals surface area contributed by atoms with Gasteiger partial charge in [-0.1, -0.05) is 284 Å². The Morgan fingerprint density at radius 1 is 0.330 bits per heavy atom. The van der Waals surface area contributed by atoms with Crippen LogP contribution in [-0.2, 0) is 57.0 Å². The Labute approximate surface area is 630 Å². The van der Waals surface area contributed by atoms with Crippen LogP contribution in [0, 0.1) is 0 Å². The molecule has 4 rings (SSSR count). The van der Waals surface area contributed by atoms with Crippen molar-refractivity contribution in [2.75, 3.05) is 39.6 Å². The maximum Gasteiger partial charge on any atom is 0.405 e. The number of ether oxygens (including phenoxy) is 9. The predicted octanol–water partition coefficient (Wildman–Crippen LogP) is 7.01. The highest BCUT2D eigenvalue weighted by Gasteiger charge is 2.80. The van der Waals surface area contributed by atoms with E-state index in [0.717, 1.165) is 128 Å². The van der Waals surface area contributed by atoms with Crippen LogP contribution in [0.1, 0.15) is 323 Å². The monoisotopic (exact) mass is 1530 g/mol. The smallest absolute Gasteiger partial charge is 0.405 e. The maximum absolute atomic E-state index is 17.0. The average Bonchev–Trinajstić information content (AvgIpc) is 1.03. The largest absolute Gasteiger partial charge is 0.441 e. The van der Waals surface area contributed by atoms with Gasteiger partial charge in [-0.2, -0.15) is 0 Å². The number of aliphatic hydroxyl groups excluding tert-OH is 15. The molecule has 0 amide bonds. The van der Waals surface area contributed by atoms with Crippen molar-refractivity contribution in [2.24, 2.45) is 0 Å². The van der Waals surface area contributed by atoms with E-state index in [-0.39, 0.29) is 25.7 Å². The fraction of sp³-hybridized carbons (Fsp3) is 0.962. The molecule has 28 nitrogen and oxygen atoms in total. The van der Waals surface area contributed by atoms with Gasteiger partial charge in [-0.25, -0.2) is 4.79 Å². The van der Waals surface area contributed by atoms with E-state index in [2.05, 4.69) is 20.8 Å². The summed E-state index contributed by atoms with van der Waals surface area (Å²) in [4.78, 5) is 46.8. The van der Waals surface area contributed by atoms with Crippen molar-refractivity contribution in [3.8, 4) is 0 Å². The quantitative estimate of drug-likeness (QED) is 0.0126. The number of hydrogen-bond donors (Lipinski definition) is 16. The molecule has 0 saturated carbocycles. The lowest BCUT2D eigenvalue weighted by atomic mass is 9.77. The molecule has 28 heteroatoms. The number of aliphatic hydroxyl groups is 16. The highest BCUT2D eigenvalue weighted by Crippen LogP contribution is 2.53. The van der Waals surface area contributed by atoms with E-state index in [9.17, 15) is 86.5 Å². The third kappa shape index (κ3) is 27.4. The lowest BCUT2D eigenvalue weighted by molar-refractivity contribution is -0.556. The van der Waals surface area contributed by atoms with Crippen molar-refractivity contribution >= 4 is 17.9 Å². The lowest BCUT2D eigenvalue weighted by Gasteiger charge is -2.58. The van der Waals surface area contributed by atoms with Gasteiger partial charge < -0.3 is 120 Å². The normalized spacial score (nSPS) is 31.7. The zero-order chi connectivity index (χ0) is 78.1. The Morgan fingerprint density at radius 2 is 0.632 bits per heavy atom. The SMILES string of the molecule is CCCCCCCCCCCCCCCCCC(=O)OC(CCCCCCCCCCCCCCCC)(C(=O)O[C@@]1(OC2(CO)O[C@H](CO)[C@@H](O)[C@@H]2O)O[C@H](CO)[C@@H](O)[C@H](O)[C@]1(O)OC(=O)CCCCCCCCCCCCCCCCC)[C@@]1(OC2(CO)O[C@H](CO)[C@@H](O)[C@@H]2O)O[C@H](CO)[C@@H](O)[C@H](O)[C@H]1O. The van der Waals surface area contributed by atoms with Gasteiger partial charge in [0.2, 0.25) is 11.6 Å². The number of unbranched alkanes of at least 4 members (excludes halogenated alkanes) is 41. The molecule has 0 radical (unpaired) electrons. The van der Waals surface area contributed by atoms with Gasteiger partial charge in [0, 0.05) is 19.3 Å². The number of carbonyl (C=O) groups is 3. The highest BCUT2D eigenvalue weighted by molar-refractivity contribution is 5.85. The number of rotatable bonds is 62. The van der Waals surface area contributed by atoms with E-state index in [4.69, 9.17) is 42.6 Å². The van der Waals surface area contributed by atoms with E-state index in [1.54, 1.807) is 0 Å². The van der Waals surface area contributed by atoms with Crippen LogP contribution in [0.3, 0.4) is 0 Å². The summed E-state index contributed by atoms with van der Waals surface area (Å²) in [6.07, 6.45) is 5.98. The molecule has 19 atom stereocenters. The summed E-state index contributed by atoms with van der Waals surface area (Å²) in [7, 11) is 0. The van der Waals surface area contributed by atoms with E-state index in [1.807, 2.05) is 0 Å². The molecule has 624 valence electrons. The van der Waals surface area contributed by atoms with Crippen LogP contribution in [0.15, 0.2) is 0 Å². The van der Waals surface area contributed by atoms with E-state index >= 15 is 9.59 Å². The van der Waals surface area contributed by atoms with E-state index in [0.29, 0.717) is 38.5 Å². The molecule has 4 aliphatic rings. The Kier molecular flexibility index (Phi) is 46.4. The average molecular weight is 1530 g/mol. The number of esters is 3. The van der Waals surface area contributed by atoms with Crippen molar-refractivity contribution in [3.05, 3.63) is 0 Å². The molecule has 0 bridgehead atoms. The molecule has 0 aromatic rings. The summed E-state index contributed by atoms with van der Waals surface area (Å²) in [5, 5.41) is 186. The molecule has 16 N–H and O–H groups in total. The molecule has 0 aromatic heterocycles. The van der Waals surface area contributed by atoms with Crippen LogP contribution in [0.25, 0.3) is 0 Å². The molecule has 0 aromatic carbocycles. The molecule has 4 heterocycles. The van der Waals surface area contributed by atoms with E-state index < -0.39 is 191 Å². The van der Waals surface area contributed by atoms with Gasteiger partial charge >= 0.3 is 29.7 Å². The maximum atomic E-state index is 17.0.